The second kappa shape index (κ2) is 9.32. The molecule has 0 atom stereocenters. The van der Waals surface area contributed by atoms with Gasteiger partial charge < -0.3 is 4.74 Å². The van der Waals surface area contributed by atoms with Gasteiger partial charge in [-0.3, -0.25) is 0 Å². The van der Waals surface area contributed by atoms with Crippen LogP contribution in [0.15, 0.2) is 22.7 Å². The molecule has 100 valence electrons. The molecular weight excluding hydrogens is 208 g/mol. The molecule has 0 radical (unpaired) electrons. The van der Waals surface area contributed by atoms with Gasteiger partial charge in [0.05, 0.1) is 0 Å². The SMILES string of the molecule is CCC(CC)=C(CC)OC(CC)=C(CC)CC. The lowest BCUT2D eigenvalue weighted by Crippen LogP contribution is -2.00. The second-order valence-electron chi connectivity index (χ2n) is 4.28. The van der Waals surface area contributed by atoms with Crippen LogP contribution in [0.25, 0.3) is 0 Å². The minimum Gasteiger partial charge on any atom is -0.466 e. The van der Waals surface area contributed by atoms with E-state index in [0.717, 1.165) is 38.5 Å². The van der Waals surface area contributed by atoms with Crippen molar-refractivity contribution in [3.05, 3.63) is 22.7 Å². The molecular formula is C16H30O. The van der Waals surface area contributed by atoms with E-state index in [1.165, 1.54) is 22.7 Å². The summed E-state index contributed by atoms with van der Waals surface area (Å²) in [7, 11) is 0. The van der Waals surface area contributed by atoms with Crippen molar-refractivity contribution < 1.29 is 4.74 Å². The lowest BCUT2D eigenvalue weighted by Gasteiger charge is -2.18. The van der Waals surface area contributed by atoms with Gasteiger partial charge in [0, 0.05) is 12.8 Å². The molecule has 0 N–H and O–H groups in total. The highest BCUT2D eigenvalue weighted by Gasteiger charge is 2.09. The molecule has 0 aromatic carbocycles. The predicted octanol–water partition coefficient (Wildman–Crippen LogP) is 5.97. The van der Waals surface area contributed by atoms with Crippen LogP contribution in [0.1, 0.15) is 80.1 Å². The van der Waals surface area contributed by atoms with Gasteiger partial charge in [-0.05, 0) is 36.8 Å². The molecule has 0 aromatic heterocycles. The molecule has 0 aliphatic carbocycles. The summed E-state index contributed by atoms with van der Waals surface area (Å²) >= 11 is 0. The molecule has 0 bridgehead atoms. The molecule has 0 amide bonds. The Kier molecular flexibility index (Phi) is 8.93. The molecule has 0 spiro atoms. The normalized spacial score (nSPS) is 10.0. The maximum Gasteiger partial charge on any atom is 0.102 e. The van der Waals surface area contributed by atoms with E-state index in [1.54, 1.807) is 0 Å². The number of rotatable bonds is 8. The molecule has 0 aromatic rings. The van der Waals surface area contributed by atoms with E-state index in [9.17, 15) is 0 Å². The van der Waals surface area contributed by atoms with E-state index in [1.807, 2.05) is 0 Å². The van der Waals surface area contributed by atoms with E-state index in [0.29, 0.717) is 0 Å². The third-order valence-corrected chi connectivity index (χ3v) is 3.38. The van der Waals surface area contributed by atoms with Gasteiger partial charge in [-0.2, -0.15) is 0 Å². The van der Waals surface area contributed by atoms with Crippen molar-refractivity contribution in [2.45, 2.75) is 80.1 Å². The zero-order valence-electron chi connectivity index (χ0n) is 12.7. The minimum absolute atomic E-state index is 1.00. The average molecular weight is 238 g/mol. The van der Waals surface area contributed by atoms with Crippen molar-refractivity contribution in [3.63, 3.8) is 0 Å². The molecule has 0 unspecified atom stereocenters. The Morgan fingerprint density at radius 3 is 1.00 bits per heavy atom. The number of ether oxygens (including phenoxy) is 1. The molecule has 0 saturated heterocycles. The molecule has 0 aliphatic rings. The first kappa shape index (κ1) is 16.3. The Hall–Kier alpha value is -0.720. The van der Waals surface area contributed by atoms with Gasteiger partial charge in [0.2, 0.25) is 0 Å². The number of hydrogen-bond acceptors (Lipinski definition) is 1. The largest absolute Gasteiger partial charge is 0.466 e. The van der Waals surface area contributed by atoms with Crippen LogP contribution in [-0.4, -0.2) is 0 Å². The maximum atomic E-state index is 6.20. The fourth-order valence-corrected chi connectivity index (χ4v) is 2.23. The molecule has 0 saturated carbocycles. The molecule has 1 heteroatoms. The number of allylic oxidation sites excluding steroid dienone is 4. The summed E-state index contributed by atoms with van der Waals surface area (Å²) in [6.07, 6.45) is 6.41. The summed E-state index contributed by atoms with van der Waals surface area (Å²) in [6.45, 7) is 13.2. The monoisotopic (exact) mass is 238 g/mol. The van der Waals surface area contributed by atoms with Gasteiger partial charge in [-0.15, -0.1) is 0 Å². The summed E-state index contributed by atoms with van der Waals surface area (Å²) in [6, 6.07) is 0. The Morgan fingerprint density at radius 1 is 0.529 bits per heavy atom. The van der Waals surface area contributed by atoms with E-state index >= 15 is 0 Å². The third-order valence-electron chi connectivity index (χ3n) is 3.38. The van der Waals surface area contributed by atoms with Crippen molar-refractivity contribution in [3.8, 4) is 0 Å². The lowest BCUT2D eigenvalue weighted by molar-refractivity contribution is 0.269. The Bertz CT molecular complexity index is 231. The van der Waals surface area contributed by atoms with E-state index < -0.39 is 0 Å². The summed E-state index contributed by atoms with van der Waals surface area (Å²) in [4.78, 5) is 0. The minimum atomic E-state index is 1.00. The molecule has 17 heavy (non-hydrogen) atoms. The number of hydrogen-bond donors (Lipinski definition) is 0. The summed E-state index contributed by atoms with van der Waals surface area (Å²) in [5.74, 6) is 2.40. The van der Waals surface area contributed by atoms with Crippen molar-refractivity contribution in [2.75, 3.05) is 0 Å². The van der Waals surface area contributed by atoms with Crippen LogP contribution < -0.4 is 0 Å². The fraction of sp³-hybridized carbons (Fsp3) is 0.750. The average Bonchev–Trinajstić information content (AvgIpc) is 2.37. The smallest absolute Gasteiger partial charge is 0.102 e. The summed E-state index contributed by atoms with van der Waals surface area (Å²) < 4.78 is 6.20. The Morgan fingerprint density at radius 2 is 0.824 bits per heavy atom. The standard InChI is InChI=1S/C16H30O/c1-7-13(8-2)15(11-5)17-16(12-6)14(9-3)10-4/h7-12H2,1-6H3. The molecule has 0 rings (SSSR count). The van der Waals surface area contributed by atoms with Gasteiger partial charge in [0.15, 0.2) is 0 Å². The van der Waals surface area contributed by atoms with E-state index in [-0.39, 0.29) is 0 Å². The highest BCUT2D eigenvalue weighted by atomic mass is 16.5. The van der Waals surface area contributed by atoms with Crippen molar-refractivity contribution in [1.29, 1.82) is 0 Å². The Labute approximate surface area is 108 Å². The van der Waals surface area contributed by atoms with Crippen molar-refractivity contribution >= 4 is 0 Å². The van der Waals surface area contributed by atoms with Gasteiger partial charge in [0.1, 0.15) is 11.5 Å². The van der Waals surface area contributed by atoms with E-state index in [2.05, 4.69) is 41.5 Å². The van der Waals surface area contributed by atoms with Gasteiger partial charge >= 0.3 is 0 Å². The third kappa shape index (κ3) is 4.97. The zero-order chi connectivity index (χ0) is 13.3. The van der Waals surface area contributed by atoms with Crippen molar-refractivity contribution in [1.82, 2.24) is 0 Å². The van der Waals surface area contributed by atoms with Crippen LogP contribution in [0.2, 0.25) is 0 Å². The van der Waals surface area contributed by atoms with Crippen molar-refractivity contribution in [2.24, 2.45) is 0 Å². The summed E-state index contributed by atoms with van der Waals surface area (Å²) in [5, 5.41) is 0. The molecule has 0 aliphatic heterocycles. The first-order valence-corrected chi connectivity index (χ1v) is 7.27. The van der Waals surface area contributed by atoms with Gasteiger partial charge in [0.25, 0.3) is 0 Å². The summed E-state index contributed by atoms with van der Waals surface area (Å²) in [5.41, 5.74) is 2.93. The van der Waals surface area contributed by atoms with Crippen LogP contribution >= 0.6 is 0 Å². The first-order valence-electron chi connectivity index (χ1n) is 7.27. The van der Waals surface area contributed by atoms with Crippen LogP contribution in [0, 0.1) is 0 Å². The van der Waals surface area contributed by atoms with Crippen LogP contribution in [0.4, 0.5) is 0 Å². The van der Waals surface area contributed by atoms with Crippen LogP contribution in [0.3, 0.4) is 0 Å². The highest BCUT2D eigenvalue weighted by molar-refractivity contribution is 5.14. The van der Waals surface area contributed by atoms with Crippen LogP contribution in [0.5, 0.6) is 0 Å². The van der Waals surface area contributed by atoms with Crippen LogP contribution in [-0.2, 0) is 4.74 Å². The maximum absolute atomic E-state index is 6.20. The quantitative estimate of drug-likeness (QED) is 0.473. The van der Waals surface area contributed by atoms with Gasteiger partial charge in [-0.1, -0.05) is 41.5 Å². The Balaban J connectivity index is 5.10. The zero-order valence-corrected chi connectivity index (χ0v) is 12.7. The fourth-order valence-electron chi connectivity index (χ4n) is 2.23. The highest BCUT2D eigenvalue weighted by Crippen LogP contribution is 2.25. The van der Waals surface area contributed by atoms with E-state index in [4.69, 9.17) is 4.74 Å². The predicted molar refractivity (Wildman–Crippen MR) is 76.9 cm³/mol. The molecule has 1 nitrogen and oxygen atoms in total. The topological polar surface area (TPSA) is 9.23 Å². The second-order valence-corrected chi connectivity index (χ2v) is 4.28. The first-order chi connectivity index (χ1) is 8.18. The molecule has 0 fully saturated rings. The van der Waals surface area contributed by atoms with Gasteiger partial charge in [-0.25, -0.2) is 0 Å². The molecule has 0 heterocycles. The lowest BCUT2D eigenvalue weighted by atomic mass is 10.1.